The van der Waals surface area contributed by atoms with Gasteiger partial charge in [-0.15, -0.1) is 0 Å². The van der Waals surface area contributed by atoms with Crippen molar-refractivity contribution in [2.75, 3.05) is 19.4 Å². The molecule has 2 aromatic rings. The summed E-state index contributed by atoms with van der Waals surface area (Å²) in [6.07, 6.45) is 5.01. The molecular formula is C12H15BrN4O3S. The lowest BCUT2D eigenvalue weighted by Crippen LogP contribution is -2.27. The Kier molecular flexibility index (Phi) is 4.86. The summed E-state index contributed by atoms with van der Waals surface area (Å²) in [6.45, 7) is 0.714. The van der Waals surface area contributed by atoms with Gasteiger partial charge in [-0.1, -0.05) is 0 Å². The first-order chi connectivity index (χ1) is 9.94. The summed E-state index contributed by atoms with van der Waals surface area (Å²) < 4.78 is 34.6. The van der Waals surface area contributed by atoms with Gasteiger partial charge in [0.1, 0.15) is 10.6 Å². The molecule has 0 saturated heterocycles. The fourth-order valence-electron chi connectivity index (χ4n) is 1.73. The highest BCUT2D eigenvalue weighted by Crippen LogP contribution is 2.32. The Balaban J connectivity index is 2.17. The van der Waals surface area contributed by atoms with Crippen LogP contribution in [0.15, 0.2) is 40.2 Å². The highest BCUT2D eigenvalue weighted by atomic mass is 79.9. The SMILES string of the molecule is COc1cc(Br)c(N)cc1S(=O)(=O)NCCn1ccnc1. The van der Waals surface area contributed by atoms with E-state index in [1.54, 1.807) is 23.3 Å². The molecule has 0 amide bonds. The van der Waals surface area contributed by atoms with Gasteiger partial charge in [-0.2, -0.15) is 0 Å². The first-order valence-corrected chi connectivity index (χ1v) is 8.30. The van der Waals surface area contributed by atoms with Crippen LogP contribution in [0.5, 0.6) is 5.75 Å². The van der Waals surface area contributed by atoms with E-state index >= 15 is 0 Å². The van der Waals surface area contributed by atoms with Crippen molar-refractivity contribution in [1.29, 1.82) is 0 Å². The summed E-state index contributed by atoms with van der Waals surface area (Å²) in [5.41, 5.74) is 6.06. The van der Waals surface area contributed by atoms with Crippen molar-refractivity contribution >= 4 is 31.6 Å². The van der Waals surface area contributed by atoms with Crippen LogP contribution in [0.1, 0.15) is 0 Å². The molecule has 1 aromatic heterocycles. The molecule has 21 heavy (non-hydrogen) atoms. The molecule has 0 bridgehead atoms. The van der Waals surface area contributed by atoms with Gasteiger partial charge in [0, 0.05) is 35.6 Å². The van der Waals surface area contributed by atoms with Gasteiger partial charge in [0.15, 0.2) is 0 Å². The minimum Gasteiger partial charge on any atom is -0.495 e. The Bertz CT molecular complexity index is 716. The number of sulfonamides is 1. The van der Waals surface area contributed by atoms with Gasteiger partial charge in [0.2, 0.25) is 10.0 Å². The van der Waals surface area contributed by atoms with Crippen LogP contribution >= 0.6 is 15.9 Å². The van der Waals surface area contributed by atoms with Crippen molar-refractivity contribution in [1.82, 2.24) is 14.3 Å². The van der Waals surface area contributed by atoms with E-state index in [4.69, 9.17) is 10.5 Å². The maximum Gasteiger partial charge on any atom is 0.244 e. The molecule has 0 unspecified atom stereocenters. The second kappa shape index (κ2) is 6.46. The predicted molar refractivity (Wildman–Crippen MR) is 82.5 cm³/mol. The third-order valence-electron chi connectivity index (χ3n) is 2.79. The maximum atomic E-state index is 12.3. The molecule has 3 N–H and O–H groups in total. The fourth-order valence-corrected chi connectivity index (χ4v) is 3.25. The van der Waals surface area contributed by atoms with Crippen molar-refractivity contribution < 1.29 is 13.2 Å². The molecule has 9 heteroatoms. The largest absolute Gasteiger partial charge is 0.495 e. The van der Waals surface area contributed by atoms with Crippen LogP contribution in [-0.2, 0) is 16.6 Å². The molecule has 0 aliphatic carbocycles. The number of benzene rings is 1. The van der Waals surface area contributed by atoms with E-state index < -0.39 is 10.0 Å². The summed E-state index contributed by atoms with van der Waals surface area (Å²) in [5, 5.41) is 0. The molecular weight excluding hydrogens is 360 g/mol. The Morgan fingerprint density at radius 2 is 2.24 bits per heavy atom. The predicted octanol–water partition coefficient (Wildman–Crippen LogP) is 1.21. The van der Waals surface area contributed by atoms with Crippen LogP contribution < -0.4 is 15.2 Å². The number of halogens is 1. The van der Waals surface area contributed by atoms with Gasteiger partial charge in [-0.25, -0.2) is 18.1 Å². The quantitative estimate of drug-likeness (QED) is 0.740. The number of anilines is 1. The van der Waals surface area contributed by atoms with Gasteiger partial charge in [0.05, 0.1) is 13.4 Å². The Morgan fingerprint density at radius 3 is 2.86 bits per heavy atom. The number of methoxy groups -OCH3 is 1. The molecule has 0 spiro atoms. The van der Waals surface area contributed by atoms with Crippen LogP contribution in [0, 0.1) is 0 Å². The highest BCUT2D eigenvalue weighted by molar-refractivity contribution is 9.10. The smallest absolute Gasteiger partial charge is 0.244 e. The number of ether oxygens (including phenoxy) is 1. The lowest BCUT2D eigenvalue weighted by atomic mass is 10.3. The molecule has 2 rings (SSSR count). The normalized spacial score (nSPS) is 11.5. The summed E-state index contributed by atoms with van der Waals surface area (Å²) in [7, 11) is -2.30. The summed E-state index contributed by atoms with van der Waals surface area (Å²) in [4.78, 5) is 3.90. The zero-order valence-electron chi connectivity index (χ0n) is 11.3. The summed E-state index contributed by atoms with van der Waals surface area (Å²) in [5.74, 6) is 0.228. The third kappa shape index (κ3) is 3.74. The molecule has 0 saturated carbocycles. The Labute approximate surface area is 131 Å². The average molecular weight is 375 g/mol. The van der Waals surface area contributed by atoms with Crippen molar-refractivity contribution in [3.8, 4) is 5.75 Å². The van der Waals surface area contributed by atoms with Gasteiger partial charge in [0.25, 0.3) is 0 Å². The minimum atomic E-state index is -3.71. The van der Waals surface area contributed by atoms with E-state index in [2.05, 4.69) is 25.6 Å². The van der Waals surface area contributed by atoms with Crippen molar-refractivity contribution in [3.05, 3.63) is 35.3 Å². The number of hydrogen-bond acceptors (Lipinski definition) is 5. The van der Waals surface area contributed by atoms with Gasteiger partial charge in [-0.05, 0) is 28.1 Å². The second-order valence-electron chi connectivity index (χ2n) is 4.22. The van der Waals surface area contributed by atoms with Crippen LogP contribution in [0.25, 0.3) is 0 Å². The van der Waals surface area contributed by atoms with E-state index in [1.807, 2.05) is 0 Å². The number of imidazole rings is 1. The van der Waals surface area contributed by atoms with Gasteiger partial charge < -0.3 is 15.0 Å². The lowest BCUT2D eigenvalue weighted by Gasteiger charge is -2.12. The Morgan fingerprint density at radius 1 is 1.48 bits per heavy atom. The lowest BCUT2D eigenvalue weighted by molar-refractivity contribution is 0.402. The standard InChI is InChI=1S/C12H15BrN4O3S/c1-20-11-6-9(13)10(14)7-12(11)21(18,19)16-3-5-17-4-2-15-8-17/h2,4,6-8,16H,3,5,14H2,1H3. The van der Waals surface area contributed by atoms with Crippen LogP contribution in [-0.4, -0.2) is 31.6 Å². The first kappa shape index (κ1) is 15.8. The average Bonchev–Trinajstić information content (AvgIpc) is 2.94. The van der Waals surface area contributed by atoms with Crippen molar-refractivity contribution in [3.63, 3.8) is 0 Å². The zero-order valence-corrected chi connectivity index (χ0v) is 13.7. The van der Waals surface area contributed by atoms with Crippen LogP contribution in [0.2, 0.25) is 0 Å². The number of nitrogens with two attached hydrogens (primary N) is 1. The topological polar surface area (TPSA) is 99.2 Å². The molecule has 0 radical (unpaired) electrons. The summed E-state index contributed by atoms with van der Waals surface area (Å²) in [6, 6.07) is 2.89. The molecule has 0 fully saturated rings. The zero-order chi connectivity index (χ0) is 15.5. The van der Waals surface area contributed by atoms with Crippen LogP contribution in [0.4, 0.5) is 5.69 Å². The monoisotopic (exact) mass is 374 g/mol. The number of hydrogen-bond donors (Lipinski definition) is 2. The fraction of sp³-hybridized carbons (Fsp3) is 0.250. The van der Waals surface area contributed by atoms with E-state index in [-0.39, 0.29) is 17.2 Å². The van der Waals surface area contributed by atoms with Gasteiger partial charge in [-0.3, -0.25) is 0 Å². The third-order valence-corrected chi connectivity index (χ3v) is 4.96. The van der Waals surface area contributed by atoms with Crippen LogP contribution in [0.3, 0.4) is 0 Å². The number of aromatic nitrogens is 2. The first-order valence-electron chi connectivity index (χ1n) is 6.02. The summed E-state index contributed by atoms with van der Waals surface area (Å²) >= 11 is 3.24. The van der Waals surface area contributed by atoms with Crippen molar-refractivity contribution in [2.45, 2.75) is 11.4 Å². The number of rotatable bonds is 6. The minimum absolute atomic E-state index is 0.0105. The van der Waals surface area contributed by atoms with Gasteiger partial charge >= 0.3 is 0 Å². The number of nitrogens with zero attached hydrogens (tertiary/aromatic N) is 2. The molecule has 0 atom stereocenters. The molecule has 1 aromatic carbocycles. The molecule has 0 aliphatic rings. The number of nitrogens with one attached hydrogen (secondary N) is 1. The van der Waals surface area contributed by atoms with E-state index in [9.17, 15) is 8.42 Å². The molecule has 0 aliphatic heterocycles. The van der Waals surface area contributed by atoms with Crippen molar-refractivity contribution in [2.24, 2.45) is 0 Å². The molecule has 114 valence electrons. The van der Waals surface area contributed by atoms with E-state index in [1.165, 1.54) is 19.2 Å². The van der Waals surface area contributed by atoms with E-state index in [0.29, 0.717) is 16.7 Å². The molecule has 1 heterocycles. The second-order valence-corrected chi connectivity index (χ2v) is 6.81. The highest BCUT2D eigenvalue weighted by Gasteiger charge is 2.20. The molecule has 7 nitrogen and oxygen atoms in total. The Hall–Kier alpha value is -1.58. The maximum absolute atomic E-state index is 12.3. The van der Waals surface area contributed by atoms with E-state index in [0.717, 1.165) is 0 Å². The number of nitrogen functional groups attached to an aromatic ring is 1.